The van der Waals surface area contributed by atoms with Crippen molar-refractivity contribution in [2.75, 3.05) is 0 Å². The van der Waals surface area contributed by atoms with Gasteiger partial charge in [0.15, 0.2) is 0 Å². The Hall–Kier alpha value is -0.870. The van der Waals surface area contributed by atoms with E-state index in [1.165, 1.54) is 0 Å². The van der Waals surface area contributed by atoms with Gasteiger partial charge in [0.1, 0.15) is 0 Å². The van der Waals surface area contributed by atoms with E-state index in [0.29, 0.717) is 0 Å². The average Bonchev–Trinajstić information content (AvgIpc) is 2.36. The minimum absolute atomic E-state index is 0.0410. The molecule has 0 heterocycles. The smallest absolute Gasteiger partial charge is 0.237 e. The van der Waals surface area contributed by atoms with Crippen molar-refractivity contribution in [3.8, 4) is 0 Å². The van der Waals surface area contributed by atoms with E-state index in [0.717, 1.165) is 29.3 Å². The maximum Gasteiger partial charge on any atom is 0.237 e. The molecule has 1 aromatic rings. The molecule has 0 aromatic heterocycles. The van der Waals surface area contributed by atoms with Crippen molar-refractivity contribution >= 4 is 21.8 Å². The predicted molar refractivity (Wildman–Crippen MR) is 78.2 cm³/mol. The van der Waals surface area contributed by atoms with Gasteiger partial charge in [0, 0.05) is 4.47 Å². The number of nitrogens with one attached hydrogen (secondary N) is 1. The van der Waals surface area contributed by atoms with Crippen LogP contribution in [0, 0.1) is 0 Å². The maximum absolute atomic E-state index is 11.9. The molecule has 0 bridgehead atoms. The molecule has 0 spiro atoms. The number of halogens is 1. The van der Waals surface area contributed by atoms with Crippen LogP contribution in [0.3, 0.4) is 0 Å². The third-order valence-electron chi connectivity index (χ3n) is 2.94. The van der Waals surface area contributed by atoms with Crippen molar-refractivity contribution in [3.63, 3.8) is 0 Å². The van der Waals surface area contributed by atoms with Crippen molar-refractivity contribution in [2.24, 2.45) is 5.73 Å². The highest BCUT2D eigenvalue weighted by molar-refractivity contribution is 9.10. The zero-order valence-corrected chi connectivity index (χ0v) is 12.5. The number of hydrogen-bond acceptors (Lipinski definition) is 2. The predicted octanol–water partition coefficient (Wildman–Crippen LogP) is 3.14. The lowest BCUT2D eigenvalue weighted by Gasteiger charge is -2.18. The molecule has 4 heteroatoms. The number of benzene rings is 1. The Morgan fingerprint density at radius 1 is 1.44 bits per heavy atom. The van der Waals surface area contributed by atoms with E-state index in [1.807, 2.05) is 31.2 Å². The summed E-state index contributed by atoms with van der Waals surface area (Å²) >= 11 is 3.48. The summed E-state index contributed by atoms with van der Waals surface area (Å²) in [6, 6.07) is 7.42. The number of rotatable bonds is 6. The summed E-state index contributed by atoms with van der Waals surface area (Å²) in [5.41, 5.74) is 6.91. The fourth-order valence-electron chi connectivity index (χ4n) is 1.78. The quantitative estimate of drug-likeness (QED) is 0.847. The second-order valence-corrected chi connectivity index (χ2v) is 5.35. The van der Waals surface area contributed by atoms with Gasteiger partial charge in [-0.05, 0) is 25.0 Å². The Balaban J connectivity index is 2.57. The molecule has 0 fully saturated rings. The van der Waals surface area contributed by atoms with E-state index >= 15 is 0 Å². The van der Waals surface area contributed by atoms with Gasteiger partial charge in [-0.2, -0.15) is 0 Å². The summed E-state index contributed by atoms with van der Waals surface area (Å²) in [6.45, 7) is 4.05. The van der Waals surface area contributed by atoms with Crippen LogP contribution in [0.2, 0.25) is 0 Å². The molecule has 0 aliphatic rings. The molecule has 2 atom stereocenters. The molecular weight excluding hydrogens is 292 g/mol. The third kappa shape index (κ3) is 4.42. The van der Waals surface area contributed by atoms with Crippen molar-refractivity contribution < 1.29 is 4.79 Å². The van der Waals surface area contributed by atoms with Crippen LogP contribution < -0.4 is 11.1 Å². The van der Waals surface area contributed by atoms with Gasteiger partial charge in [-0.25, -0.2) is 0 Å². The number of carbonyl (C=O) groups excluding carboxylic acids is 1. The van der Waals surface area contributed by atoms with Crippen LogP contribution in [0.1, 0.15) is 44.7 Å². The Bertz CT molecular complexity index is 395. The molecule has 0 saturated heterocycles. The number of nitrogens with two attached hydrogens (primary N) is 1. The van der Waals surface area contributed by atoms with Crippen molar-refractivity contribution in [1.82, 2.24) is 5.32 Å². The molecule has 1 aromatic carbocycles. The Morgan fingerprint density at radius 3 is 2.72 bits per heavy atom. The van der Waals surface area contributed by atoms with Crippen LogP contribution in [0.15, 0.2) is 28.7 Å². The van der Waals surface area contributed by atoms with Crippen LogP contribution in [0.25, 0.3) is 0 Å². The molecule has 3 nitrogen and oxygen atoms in total. The summed E-state index contributed by atoms with van der Waals surface area (Å²) in [7, 11) is 0. The Kier molecular flexibility index (Phi) is 6.36. The average molecular weight is 313 g/mol. The van der Waals surface area contributed by atoms with Crippen molar-refractivity contribution in [2.45, 2.75) is 45.2 Å². The summed E-state index contributed by atoms with van der Waals surface area (Å²) in [5, 5.41) is 2.95. The maximum atomic E-state index is 11.9. The zero-order chi connectivity index (χ0) is 13.5. The zero-order valence-electron chi connectivity index (χ0n) is 10.9. The fourth-order valence-corrected chi connectivity index (χ4v) is 2.41. The molecule has 0 unspecified atom stereocenters. The van der Waals surface area contributed by atoms with Gasteiger partial charge in [-0.3, -0.25) is 4.79 Å². The van der Waals surface area contributed by atoms with Gasteiger partial charge >= 0.3 is 0 Å². The second-order valence-electron chi connectivity index (χ2n) is 4.50. The standard InChI is InChI=1S/C14H21BrN2O/c1-3-4-9-13(16)14(18)17-10(2)11-7-5-6-8-12(11)15/h5-8,10,13H,3-4,9,16H2,1-2H3,(H,17,18)/t10-,13+/m1/s1. The molecule has 3 N–H and O–H groups in total. The molecule has 18 heavy (non-hydrogen) atoms. The first-order chi connectivity index (χ1) is 8.56. The lowest BCUT2D eigenvalue weighted by Crippen LogP contribution is -2.41. The first kappa shape index (κ1) is 15.2. The van der Waals surface area contributed by atoms with Crippen LogP contribution in [-0.2, 0) is 4.79 Å². The largest absolute Gasteiger partial charge is 0.348 e. The number of hydrogen-bond donors (Lipinski definition) is 2. The van der Waals surface area contributed by atoms with Gasteiger partial charge in [0.05, 0.1) is 12.1 Å². The normalized spacial score (nSPS) is 14.0. The van der Waals surface area contributed by atoms with Crippen LogP contribution in [0.4, 0.5) is 0 Å². The van der Waals surface area contributed by atoms with Gasteiger partial charge in [0.2, 0.25) is 5.91 Å². The third-order valence-corrected chi connectivity index (χ3v) is 3.66. The van der Waals surface area contributed by atoms with E-state index in [-0.39, 0.29) is 11.9 Å². The summed E-state index contributed by atoms with van der Waals surface area (Å²) in [6.07, 6.45) is 2.78. The molecule has 0 radical (unpaired) electrons. The van der Waals surface area contributed by atoms with E-state index < -0.39 is 6.04 Å². The van der Waals surface area contributed by atoms with E-state index in [2.05, 4.69) is 28.2 Å². The minimum Gasteiger partial charge on any atom is -0.348 e. The van der Waals surface area contributed by atoms with Crippen molar-refractivity contribution in [3.05, 3.63) is 34.3 Å². The molecule has 100 valence electrons. The molecule has 0 aliphatic carbocycles. The SMILES string of the molecule is CCCC[C@H](N)C(=O)N[C@H](C)c1ccccc1Br. The highest BCUT2D eigenvalue weighted by Crippen LogP contribution is 2.22. The van der Waals surface area contributed by atoms with Crippen LogP contribution >= 0.6 is 15.9 Å². The highest BCUT2D eigenvalue weighted by atomic mass is 79.9. The summed E-state index contributed by atoms with van der Waals surface area (Å²) in [4.78, 5) is 11.9. The summed E-state index contributed by atoms with van der Waals surface area (Å²) in [5.74, 6) is -0.0771. The summed E-state index contributed by atoms with van der Waals surface area (Å²) < 4.78 is 1.000. The van der Waals surface area contributed by atoms with Gasteiger partial charge in [-0.15, -0.1) is 0 Å². The van der Waals surface area contributed by atoms with E-state index in [9.17, 15) is 4.79 Å². The molecule has 1 rings (SSSR count). The van der Waals surface area contributed by atoms with Crippen LogP contribution in [0.5, 0.6) is 0 Å². The highest BCUT2D eigenvalue weighted by Gasteiger charge is 2.17. The van der Waals surface area contributed by atoms with Gasteiger partial charge < -0.3 is 11.1 Å². The molecular formula is C14H21BrN2O. The minimum atomic E-state index is -0.408. The van der Waals surface area contributed by atoms with Gasteiger partial charge in [0.25, 0.3) is 0 Å². The first-order valence-corrected chi connectivity index (χ1v) is 7.16. The van der Waals surface area contributed by atoms with Crippen molar-refractivity contribution in [1.29, 1.82) is 0 Å². The Labute approximate surface area is 117 Å². The first-order valence-electron chi connectivity index (χ1n) is 6.36. The van der Waals surface area contributed by atoms with E-state index in [1.54, 1.807) is 0 Å². The molecule has 0 saturated carbocycles. The van der Waals surface area contributed by atoms with Crippen LogP contribution in [-0.4, -0.2) is 11.9 Å². The fraction of sp³-hybridized carbons (Fsp3) is 0.500. The lowest BCUT2D eigenvalue weighted by molar-refractivity contribution is -0.123. The van der Waals surface area contributed by atoms with Gasteiger partial charge in [-0.1, -0.05) is 53.9 Å². The molecule has 1 amide bonds. The lowest BCUT2D eigenvalue weighted by atomic mass is 10.1. The second kappa shape index (κ2) is 7.54. The number of carbonyl (C=O) groups is 1. The number of unbranched alkanes of at least 4 members (excludes halogenated alkanes) is 1. The Morgan fingerprint density at radius 2 is 2.11 bits per heavy atom. The topological polar surface area (TPSA) is 55.1 Å². The van der Waals surface area contributed by atoms with E-state index in [4.69, 9.17) is 5.73 Å². The number of amides is 1. The monoisotopic (exact) mass is 312 g/mol. The molecule has 0 aliphatic heterocycles.